The van der Waals surface area contributed by atoms with Crippen LogP contribution in [0.25, 0.3) is 0 Å². The lowest BCUT2D eigenvalue weighted by Crippen LogP contribution is -2.50. The van der Waals surface area contributed by atoms with Crippen molar-refractivity contribution in [1.82, 2.24) is 19.8 Å². The second kappa shape index (κ2) is 9.82. The van der Waals surface area contributed by atoms with Crippen molar-refractivity contribution in [2.75, 3.05) is 38.1 Å². The van der Waals surface area contributed by atoms with Gasteiger partial charge in [-0.05, 0) is 37.3 Å². The molecule has 3 atom stereocenters. The number of rotatable bonds is 4. The fraction of sp³-hybridized carbons (Fsp3) is 0.545. The number of nitrogens with one attached hydrogen (secondary N) is 1. The van der Waals surface area contributed by atoms with Crippen molar-refractivity contribution in [2.45, 2.75) is 38.8 Å². The molecule has 1 aromatic heterocycles. The molecule has 2 aromatic rings. The lowest BCUT2D eigenvalue weighted by Gasteiger charge is -2.39. The normalized spacial score (nSPS) is 24.2. The highest BCUT2D eigenvalue weighted by Gasteiger charge is 2.29. The summed E-state index contributed by atoms with van der Waals surface area (Å²) in [6.07, 6.45) is 8.19. The Morgan fingerprint density at radius 2 is 2.10 bits per heavy atom. The number of fused-ring (bicyclic) bond motifs is 1. The van der Waals surface area contributed by atoms with Crippen molar-refractivity contribution in [2.24, 2.45) is 10.9 Å². The Labute approximate surface area is 191 Å². The molecule has 3 heterocycles. The highest BCUT2D eigenvalue weighted by Crippen LogP contribution is 2.31. The Bertz CT molecular complexity index is 805. The highest BCUT2D eigenvalue weighted by molar-refractivity contribution is 14.0. The van der Waals surface area contributed by atoms with Crippen LogP contribution in [0.2, 0.25) is 0 Å². The number of guanidine groups is 1. The van der Waals surface area contributed by atoms with Crippen LogP contribution >= 0.6 is 24.0 Å². The van der Waals surface area contributed by atoms with Crippen molar-refractivity contribution in [3.05, 3.63) is 48.5 Å². The number of para-hydroxylation sites is 1. The molecule has 6 nitrogen and oxygen atoms in total. The summed E-state index contributed by atoms with van der Waals surface area (Å²) in [5, 5.41) is 3.61. The van der Waals surface area contributed by atoms with E-state index in [9.17, 15) is 0 Å². The van der Waals surface area contributed by atoms with Gasteiger partial charge in [0.15, 0.2) is 5.96 Å². The number of piperidine rings is 1. The van der Waals surface area contributed by atoms with Crippen molar-refractivity contribution < 1.29 is 0 Å². The van der Waals surface area contributed by atoms with Crippen molar-refractivity contribution in [1.29, 1.82) is 0 Å². The Morgan fingerprint density at radius 1 is 1.28 bits per heavy atom. The number of benzene rings is 1. The molecule has 29 heavy (non-hydrogen) atoms. The second-order valence-corrected chi connectivity index (χ2v) is 8.14. The minimum absolute atomic E-state index is 0. The largest absolute Gasteiger partial charge is 0.367 e. The van der Waals surface area contributed by atoms with E-state index in [4.69, 9.17) is 0 Å². The number of halogens is 1. The maximum atomic E-state index is 4.57. The van der Waals surface area contributed by atoms with Crippen LogP contribution in [0.4, 0.5) is 5.69 Å². The Hall–Kier alpha value is -1.77. The highest BCUT2D eigenvalue weighted by atomic mass is 127. The minimum Gasteiger partial charge on any atom is -0.367 e. The molecule has 4 rings (SSSR count). The number of aromatic nitrogens is 2. The van der Waals surface area contributed by atoms with Crippen molar-refractivity contribution in [3.63, 3.8) is 0 Å². The number of likely N-dealkylation sites (tertiary alicyclic amines) is 1. The lowest BCUT2D eigenvalue weighted by molar-refractivity contribution is 0.189. The quantitative estimate of drug-likeness (QED) is 0.391. The topological polar surface area (TPSA) is 48.7 Å². The summed E-state index contributed by atoms with van der Waals surface area (Å²) in [7, 11) is 1.89. The minimum atomic E-state index is 0. The average molecular weight is 508 g/mol. The van der Waals surface area contributed by atoms with E-state index in [0.717, 1.165) is 38.6 Å². The first-order valence-electron chi connectivity index (χ1n) is 10.4. The Balaban J connectivity index is 0.00000240. The molecular formula is C22H33IN6. The SMILES string of the molecule is CN=C(NCCN1c2ccccc2CC1C)N1CCC(C)C(n2ccnc2)C1.I. The first-order valence-corrected chi connectivity index (χ1v) is 10.4. The summed E-state index contributed by atoms with van der Waals surface area (Å²) >= 11 is 0. The number of aliphatic imine (C=N–C) groups is 1. The summed E-state index contributed by atoms with van der Waals surface area (Å²) in [5.41, 5.74) is 2.85. The lowest BCUT2D eigenvalue weighted by atomic mass is 9.93. The molecule has 1 saturated heterocycles. The molecular weight excluding hydrogens is 475 g/mol. The zero-order chi connectivity index (χ0) is 19.5. The van der Waals surface area contributed by atoms with E-state index in [1.54, 1.807) is 0 Å². The van der Waals surface area contributed by atoms with Gasteiger partial charge in [-0.1, -0.05) is 25.1 Å². The van der Waals surface area contributed by atoms with Gasteiger partial charge in [-0.3, -0.25) is 4.99 Å². The van der Waals surface area contributed by atoms with E-state index >= 15 is 0 Å². The van der Waals surface area contributed by atoms with E-state index in [2.05, 4.69) is 74.0 Å². The maximum Gasteiger partial charge on any atom is 0.193 e. The molecule has 0 aliphatic carbocycles. The van der Waals surface area contributed by atoms with Gasteiger partial charge in [0.1, 0.15) is 0 Å². The molecule has 158 valence electrons. The average Bonchev–Trinajstić information content (AvgIpc) is 3.34. The van der Waals surface area contributed by atoms with Gasteiger partial charge in [-0.25, -0.2) is 4.98 Å². The van der Waals surface area contributed by atoms with Crippen LogP contribution in [-0.4, -0.2) is 59.7 Å². The van der Waals surface area contributed by atoms with Gasteiger partial charge >= 0.3 is 0 Å². The van der Waals surface area contributed by atoms with Crippen molar-refractivity contribution >= 4 is 35.6 Å². The van der Waals surface area contributed by atoms with Crippen LogP contribution in [0.3, 0.4) is 0 Å². The second-order valence-electron chi connectivity index (χ2n) is 8.14. The smallest absolute Gasteiger partial charge is 0.193 e. The number of hydrogen-bond acceptors (Lipinski definition) is 3. The van der Waals surface area contributed by atoms with Gasteiger partial charge in [-0.15, -0.1) is 24.0 Å². The molecule has 0 spiro atoms. The molecule has 0 bridgehead atoms. The number of nitrogens with zero attached hydrogens (tertiary/aromatic N) is 5. The van der Waals surface area contributed by atoms with Crippen LogP contribution in [0, 0.1) is 5.92 Å². The molecule has 2 aliphatic heterocycles. The maximum absolute atomic E-state index is 4.57. The third-order valence-corrected chi connectivity index (χ3v) is 6.32. The zero-order valence-corrected chi connectivity index (χ0v) is 20.0. The Kier molecular flexibility index (Phi) is 7.43. The van der Waals surface area contributed by atoms with Gasteiger partial charge in [0.25, 0.3) is 0 Å². The van der Waals surface area contributed by atoms with E-state index in [0.29, 0.717) is 18.0 Å². The molecule has 0 radical (unpaired) electrons. The number of hydrogen-bond donors (Lipinski definition) is 1. The predicted octanol–water partition coefficient (Wildman–Crippen LogP) is 3.41. The van der Waals surface area contributed by atoms with E-state index < -0.39 is 0 Å². The van der Waals surface area contributed by atoms with Crippen LogP contribution in [-0.2, 0) is 6.42 Å². The number of anilines is 1. The van der Waals surface area contributed by atoms with E-state index in [1.807, 2.05) is 19.6 Å². The van der Waals surface area contributed by atoms with Gasteiger partial charge in [0.05, 0.1) is 12.4 Å². The van der Waals surface area contributed by atoms with Gasteiger partial charge in [0, 0.05) is 57.3 Å². The summed E-state index contributed by atoms with van der Waals surface area (Å²) < 4.78 is 2.24. The standard InChI is InChI=1S/C22H32N6.HI/c1-17-8-11-26(15-21(17)27-12-9-24-16-27)22(23-3)25-10-13-28-18(2)14-19-6-4-5-7-20(19)28;/h4-7,9,12,16-18,21H,8,10-11,13-15H2,1-3H3,(H,23,25);1H. The summed E-state index contributed by atoms with van der Waals surface area (Å²) in [6.45, 7) is 8.57. The van der Waals surface area contributed by atoms with Crippen molar-refractivity contribution in [3.8, 4) is 0 Å². The fourth-order valence-electron chi connectivity index (χ4n) is 4.69. The summed E-state index contributed by atoms with van der Waals surface area (Å²) in [6, 6.07) is 9.78. The first kappa shape index (κ1) is 21.9. The molecule has 2 aliphatic rings. The molecule has 0 saturated carbocycles. The van der Waals surface area contributed by atoms with Crippen LogP contribution in [0.15, 0.2) is 48.0 Å². The van der Waals surface area contributed by atoms with Crippen LogP contribution in [0.5, 0.6) is 0 Å². The third kappa shape index (κ3) is 4.70. The molecule has 1 N–H and O–H groups in total. The third-order valence-electron chi connectivity index (χ3n) is 6.32. The molecule has 1 aromatic carbocycles. The van der Waals surface area contributed by atoms with Crippen LogP contribution in [0.1, 0.15) is 31.9 Å². The zero-order valence-electron chi connectivity index (χ0n) is 17.7. The summed E-state index contributed by atoms with van der Waals surface area (Å²) in [4.78, 5) is 13.7. The van der Waals surface area contributed by atoms with Gasteiger partial charge in [-0.2, -0.15) is 0 Å². The predicted molar refractivity (Wildman–Crippen MR) is 130 cm³/mol. The molecule has 3 unspecified atom stereocenters. The molecule has 7 heteroatoms. The van der Waals surface area contributed by atoms with Crippen LogP contribution < -0.4 is 10.2 Å². The fourth-order valence-corrected chi connectivity index (χ4v) is 4.69. The first-order chi connectivity index (χ1) is 13.7. The molecule has 0 amide bonds. The summed E-state index contributed by atoms with van der Waals surface area (Å²) in [5.74, 6) is 1.66. The monoisotopic (exact) mass is 508 g/mol. The van der Waals surface area contributed by atoms with E-state index in [1.165, 1.54) is 17.7 Å². The number of imidazole rings is 1. The molecule has 1 fully saturated rings. The van der Waals surface area contributed by atoms with Gasteiger partial charge < -0.3 is 19.7 Å². The van der Waals surface area contributed by atoms with Gasteiger partial charge in [0.2, 0.25) is 0 Å². The van der Waals surface area contributed by atoms with E-state index in [-0.39, 0.29) is 24.0 Å². The Morgan fingerprint density at radius 3 is 2.86 bits per heavy atom.